The number of rotatable bonds is 3. The van der Waals surface area contributed by atoms with E-state index in [1.807, 2.05) is 32.9 Å². The fraction of sp³-hybridized carbons (Fsp3) is 0.429. The van der Waals surface area contributed by atoms with Gasteiger partial charge in [0.15, 0.2) is 0 Å². The number of allylic oxidation sites excluding steroid dienone is 4. The fourth-order valence-corrected chi connectivity index (χ4v) is 2.20. The van der Waals surface area contributed by atoms with Gasteiger partial charge in [-0.05, 0) is 18.4 Å². The van der Waals surface area contributed by atoms with Crippen LogP contribution in [0.4, 0.5) is 0 Å². The van der Waals surface area contributed by atoms with E-state index in [1.165, 1.54) is 0 Å². The summed E-state index contributed by atoms with van der Waals surface area (Å²) < 4.78 is 0. The first kappa shape index (κ1) is 13.4. The van der Waals surface area contributed by atoms with Crippen molar-refractivity contribution in [3.8, 4) is 0 Å². The van der Waals surface area contributed by atoms with Crippen LogP contribution in [0.1, 0.15) is 20.8 Å². The van der Waals surface area contributed by atoms with E-state index in [-0.39, 0.29) is 29.0 Å². The maximum Gasteiger partial charge on any atom is 0.337 e. The van der Waals surface area contributed by atoms with Crippen molar-refractivity contribution in [2.75, 3.05) is 0 Å². The van der Waals surface area contributed by atoms with Crippen molar-refractivity contribution in [1.29, 1.82) is 5.41 Å². The van der Waals surface area contributed by atoms with E-state index in [4.69, 9.17) is 10.5 Å². The van der Waals surface area contributed by atoms with E-state index < -0.39 is 5.97 Å². The summed E-state index contributed by atoms with van der Waals surface area (Å²) in [6.07, 6.45) is 5.46. The van der Waals surface area contributed by atoms with Gasteiger partial charge in [-0.3, -0.25) is 0 Å². The van der Waals surface area contributed by atoms with Crippen LogP contribution >= 0.6 is 0 Å². The van der Waals surface area contributed by atoms with Gasteiger partial charge in [-0.1, -0.05) is 38.7 Å². The molecule has 2 N–H and O–H groups in total. The number of nitrogens with one attached hydrogen (secondary N) is 1. The second-order valence-electron chi connectivity index (χ2n) is 4.55. The lowest BCUT2D eigenvalue weighted by Crippen LogP contribution is -2.33. The molecule has 0 aromatic rings. The quantitative estimate of drug-likeness (QED) is 0.736. The highest BCUT2D eigenvalue weighted by Crippen LogP contribution is 2.35. The second-order valence-corrected chi connectivity index (χ2v) is 4.55. The van der Waals surface area contributed by atoms with Gasteiger partial charge in [0.1, 0.15) is 0 Å². The van der Waals surface area contributed by atoms with Gasteiger partial charge >= 0.3 is 5.97 Å². The molecule has 17 heavy (non-hydrogen) atoms. The highest BCUT2D eigenvalue weighted by molar-refractivity contribution is 6.19. The van der Waals surface area contributed by atoms with Crippen molar-refractivity contribution < 1.29 is 9.90 Å². The van der Waals surface area contributed by atoms with Gasteiger partial charge in [0.2, 0.25) is 0 Å². The molecule has 0 spiro atoms. The largest absolute Gasteiger partial charge is 0.478 e. The molecule has 0 heterocycles. The standard InChI is InChI=1S/C14H19NO2/c1-5-6-8(2)11-7-12(14(16)17)13(15)10(4)9(11)3/h5-7,9-11,15H,2H2,1,3-4H3,(H,16,17). The van der Waals surface area contributed by atoms with E-state index in [1.54, 1.807) is 6.08 Å². The Morgan fingerprint density at radius 2 is 2.12 bits per heavy atom. The molecule has 3 heteroatoms. The molecule has 0 radical (unpaired) electrons. The maximum atomic E-state index is 11.1. The van der Waals surface area contributed by atoms with E-state index in [2.05, 4.69) is 6.58 Å². The molecule has 3 nitrogen and oxygen atoms in total. The Labute approximate surface area is 102 Å². The van der Waals surface area contributed by atoms with E-state index in [0.29, 0.717) is 0 Å². The lowest BCUT2D eigenvalue weighted by molar-refractivity contribution is -0.132. The number of carboxylic acid groups (broad SMARTS) is 1. The Morgan fingerprint density at radius 1 is 1.53 bits per heavy atom. The zero-order chi connectivity index (χ0) is 13.2. The summed E-state index contributed by atoms with van der Waals surface area (Å²) in [6.45, 7) is 9.82. The molecular formula is C14H19NO2. The fourth-order valence-electron chi connectivity index (χ4n) is 2.20. The maximum absolute atomic E-state index is 11.1. The normalized spacial score (nSPS) is 29.2. The van der Waals surface area contributed by atoms with Gasteiger partial charge in [0, 0.05) is 17.5 Å². The number of carboxylic acids is 1. The molecule has 0 saturated carbocycles. The topological polar surface area (TPSA) is 61.1 Å². The van der Waals surface area contributed by atoms with Crippen molar-refractivity contribution in [3.63, 3.8) is 0 Å². The van der Waals surface area contributed by atoms with Crippen LogP contribution in [0.5, 0.6) is 0 Å². The van der Waals surface area contributed by atoms with Gasteiger partial charge in [0.05, 0.1) is 5.57 Å². The first-order valence-corrected chi connectivity index (χ1v) is 5.75. The molecule has 0 aromatic heterocycles. The highest BCUT2D eigenvalue weighted by Gasteiger charge is 2.34. The van der Waals surface area contributed by atoms with Gasteiger partial charge < -0.3 is 10.5 Å². The van der Waals surface area contributed by atoms with Crippen LogP contribution < -0.4 is 0 Å². The number of aliphatic carboxylic acids is 1. The predicted molar refractivity (Wildman–Crippen MR) is 69.2 cm³/mol. The smallest absolute Gasteiger partial charge is 0.337 e. The van der Waals surface area contributed by atoms with Crippen molar-refractivity contribution in [1.82, 2.24) is 0 Å². The van der Waals surface area contributed by atoms with Crippen molar-refractivity contribution in [3.05, 3.63) is 36.0 Å². The average molecular weight is 233 g/mol. The van der Waals surface area contributed by atoms with Crippen LogP contribution in [0.25, 0.3) is 0 Å². The minimum atomic E-state index is -1.02. The molecule has 1 rings (SSSR count). The number of hydrogen-bond acceptors (Lipinski definition) is 2. The molecule has 1 aliphatic rings. The van der Waals surface area contributed by atoms with E-state index in [0.717, 1.165) is 5.57 Å². The second kappa shape index (κ2) is 5.13. The zero-order valence-corrected chi connectivity index (χ0v) is 10.5. The van der Waals surface area contributed by atoms with Crippen LogP contribution in [0.3, 0.4) is 0 Å². The molecule has 1 aliphatic carbocycles. The van der Waals surface area contributed by atoms with Gasteiger partial charge in [-0.2, -0.15) is 0 Å². The van der Waals surface area contributed by atoms with Gasteiger partial charge in [-0.25, -0.2) is 4.79 Å². The van der Waals surface area contributed by atoms with Crippen LogP contribution in [-0.4, -0.2) is 16.8 Å². The summed E-state index contributed by atoms with van der Waals surface area (Å²) in [4.78, 5) is 11.1. The monoisotopic (exact) mass is 233 g/mol. The molecule has 3 atom stereocenters. The van der Waals surface area contributed by atoms with Crippen molar-refractivity contribution in [2.24, 2.45) is 17.8 Å². The molecule has 92 valence electrons. The Bertz CT molecular complexity index is 418. The SMILES string of the molecule is C=C(C=CC)C1C=C(C(=O)O)C(=N)C(C)C1C. The van der Waals surface area contributed by atoms with Crippen LogP contribution in [0.2, 0.25) is 0 Å². The van der Waals surface area contributed by atoms with Crippen molar-refractivity contribution >= 4 is 11.7 Å². The molecule has 0 fully saturated rings. The predicted octanol–water partition coefficient (Wildman–Crippen LogP) is 3.05. The van der Waals surface area contributed by atoms with Crippen molar-refractivity contribution in [2.45, 2.75) is 20.8 Å². The first-order chi connectivity index (χ1) is 7.90. The van der Waals surface area contributed by atoms with Crippen LogP contribution in [0.15, 0.2) is 36.0 Å². The van der Waals surface area contributed by atoms with Gasteiger partial charge in [-0.15, -0.1) is 0 Å². The minimum absolute atomic E-state index is 0.00130. The number of carbonyl (C=O) groups is 1. The van der Waals surface area contributed by atoms with E-state index in [9.17, 15) is 4.79 Å². The highest BCUT2D eigenvalue weighted by atomic mass is 16.4. The molecule has 0 aliphatic heterocycles. The Balaban J connectivity index is 3.17. The molecular weight excluding hydrogens is 214 g/mol. The van der Waals surface area contributed by atoms with Gasteiger partial charge in [0.25, 0.3) is 0 Å². The Kier molecular flexibility index (Phi) is 4.05. The molecule has 0 aromatic carbocycles. The Morgan fingerprint density at radius 3 is 2.59 bits per heavy atom. The minimum Gasteiger partial charge on any atom is -0.478 e. The summed E-state index contributed by atoms with van der Waals surface area (Å²) in [6, 6.07) is 0. The first-order valence-electron chi connectivity index (χ1n) is 5.75. The van der Waals surface area contributed by atoms with E-state index >= 15 is 0 Å². The molecule has 0 saturated heterocycles. The zero-order valence-electron chi connectivity index (χ0n) is 10.5. The Hall–Kier alpha value is -1.64. The summed E-state index contributed by atoms with van der Waals surface area (Å²) in [5.74, 6) is -0.874. The lowest BCUT2D eigenvalue weighted by atomic mass is 9.71. The average Bonchev–Trinajstić information content (AvgIpc) is 2.26. The summed E-state index contributed by atoms with van der Waals surface area (Å²) in [5, 5.41) is 16.9. The third-order valence-corrected chi connectivity index (χ3v) is 3.49. The molecule has 0 bridgehead atoms. The number of hydrogen-bond donors (Lipinski definition) is 2. The van der Waals surface area contributed by atoms with Crippen LogP contribution in [0, 0.1) is 23.2 Å². The third kappa shape index (κ3) is 2.54. The molecule has 3 unspecified atom stereocenters. The summed E-state index contributed by atoms with van der Waals surface area (Å²) in [7, 11) is 0. The lowest BCUT2D eigenvalue weighted by Gasteiger charge is -2.33. The molecule has 0 amide bonds. The third-order valence-electron chi connectivity index (χ3n) is 3.49. The summed E-state index contributed by atoms with van der Waals surface area (Å²) >= 11 is 0. The summed E-state index contributed by atoms with van der Waals surface area (Å²) in [5.41, 5.74) is 1.24. The van der Waals surface area contributed by atoms with Crippen LogP contribution in [-0.2, 0) is 4.79 Å².